The summed E-state index contributed by atoms with van der Waals surface area (Å²) in [6.45, 7) is 4.55. The molecule has 0 saturated carbocycles. The summed E-state index contributed by atoms with van der Waals surface area (Å²) in [7, 11) is 0. The maximum absolute atomic E-state index is 5.79. The van der Waals surface area contributed by atoms with Crippen LogP contribution in [-0.2, 0) is 0 Å². The second kappa shape index (κ2) is 4.11. The highest BCUT2D eigenvalue weighted by molar-refractivity contribution is 5.45. The molecule has 0 fully saturated rings. The predicted octanol–water partition coefficient (Wildman–Crippen LogP) is 2.26. The summed E-state index contributed by atoms with van der Waals surface area (Å²) in [5, 5.41) is 0. The third-order valence-corrected chi connectivity index (χ3v) is 2.69. The molecule has 0 aromatic heterocycles. The molecule has 3 heteroatoms. The molecular weight excluding hydrogens is 190 g/mol. The minimum absolute atomic E-state index is 0.227. The van der Waals surface area contributed by atoms with E-state index in [0.717, 1.165) is 17.9 Å². The Balaban J connectivity index is 2.15. The first-order valence-corrected chi connectivity index (χ1v) is 5.32. The lowest BCUT2D eigenvalue weighted by atomic mass is 9.94. The van der Waals surface area contributed by atoms with Crippen LogP contribution in [0.5, 0.6) is 11.5 Å². The van der Waals surface area contributed by atoms with Crippen LogP contribution in [0.3, 0.4) is 0 Å². The van der Waals surface area contributed by atoms with Crippen molar-refractivity contribution in [2.45, 2.75) is 32.2 Å². The van der Waals surface area contributed by atoms with Crippen LogP contribution in [-0.4, -0.2) is 12.8 Å². The van der Waals surface area contributed by atoms with Crippen LogP contribution in [0.2, 0.25) is 0 Å². The zero-order chi connectivity index (χ0) is 10.8. The second-order valence-corrected chi connectivity index (χ2v) is 4.23. The molecule has 2 N–H and O–H groups in total. The average Bonchev–Trinajstić information content (AvgIpc) is 2.62. The van der Waals surface area contributed by atoms with Crippen molar-refractivity contribution >= 4 is 0 Å². The molecule has 82 valence electrons. The summed E-state index contributed by atoms with van der Waals surface area (Å²) in [6.07, 6.45) is 0.986. The van der Waals surface area contributed by atoms with Crippen LogP contribution in [0.4, 0.5) is 0 Å². The van der Waals surface area contributed by atoms with Crippen molar-refractivity contribution in [1.29, 1.82) is 0 Å². The van der Waals surface area contributed by atoms with Crippen LogP contribution in [0.15, 0.2) is 18.2 Å². The summed E-state index contributed by atoms with van der Waals surface area (Å²) in [4.78, 5) is 0. The Labute approximate surface area is 90.2 Å². The van der Waals surface area contributed by atoms with Gasteiger partial charge >= 0.3 is 0 Å². The Kier molecular flexibility index (Phi) is 2.82. The average molecular weight is 207 g/mol. The topological polar surface area (TPSA) is 44.5 Å². The SMILES string of the molecule is CC(N)CC(C)c1ccc2c(c1)OCO2. The van der Waals surface area contributed by atoms with Crippen LogP contribution in [0.25, 0.3) is 0 Å². The fraction of sp³-hybridized carbons (Fsp3) is 0.500. The quantitative estimate of drug-likeness (QED) is 0.826. The number of ether oxygens (including phenoxy) is 2. The van der Waals surface area contributed by atoms with Crippen molar-refractivity contribution in [3.63, 3.8) is 0 Å². The minimum Gasteiger partial charge on any atom is -0.454 e. The Bertz CT molecular complexity index is 349. The number of hydrogen-bond acceptors (Lipinski definition) is 3. The molecule has 15 heavy (non-hydrogen) atoms. The largest absolute Gasteiger partial charge is 0.454 e. The highest BCUT2D eigenvalue weighted by atomic mass is 16.7. The predicted molar refractivity (Wildman–Crippen MR) is 59.2 cm³/mol. The molecule has 2 unspecified atom stereocenters. The van der Waals surface area contributed by atoms with E-state index in [1.807, 2.05) is 13.0 Å². The molecule has 0 radical (unpaired) electrons. The van der Waals surface area contributed by atoms with Gasteiger partial charge in [-0.1, -0.05) is 13.0 Å². The van der Waals surface area contributed by atoms with E-state index in [2.05, 4.69) is 19.1 Å². The highest BCUT2D eigenvalue weighted by Gasteiger charge is 2.16. The van der Waals surface area contributed by atoms with E-state index in [4.69, 9.17) is 15.2 Å². The molecule has 2 rings (SSSR count). The number of rotatable bonds is 3. The highest BCUT2D eigenvalue weighted by Crippen LogP contribution is 2.35. The van der Waals surface area contributed by atoms with Crippen LogP contribution >= 0.6 is 0 Å². The zero-order valence-electron chi connectivity index (χ0n) is 9.19. The van der Waals surface area contributed by atoms with Gasteiger partial charge in [0, 0.05) is 6.04 Å². The summed E-state index contributed by atoms with van der Waals surface area (Å²) in [5.74, 6) is 2.15. The molecule has 1 aliphatic rings. The van der Waals surface area contributed by atoms with Crippen molar-refractivity contribution in [3.8, 4) is 11.5 Å². The summed E-state index contributed by atoms with van der Waals surface area (Å²) >= 11 is 0. The standard InChI is InChI=1S/C12H17NO2/c1-8(5-9(2)13)10-3-4-11-12(6-10)15-7-14-11/h3-4,6,8-9H,5,7,13H2,1-2H3. The van der Waals surface area contributed by atoms with Crippen molar-refractivity contribution in [3.05, 3.63) is 23.8 Å². The molecule has 1 aromatic rings. The molecule has 3 nitrogen and oxygen atoms in total. The number of hydrogen-bond donors (Lipinski definition) is 1. The molecule has 1 aliphatic heterocycles. The van der Waals surface area contributed by atoms with Crippen LogP contribution in [0, 0.1) is 0 Å². The Morgan fingerprint density at radius 2 is 2.00 bits per heavy atom. The van der Waals surface area contributed by atoms with Gasteiger partial charge in [-0.15, -0.1) is 0 Å². The van der Waals surface area contributed by atoms with Crippen molar-refractivity contribution in [1.82, 2.24) is 0 Å². The molecule has 0 aliphatic carbocycles. The lowest BCUT2D eigenvalue weighted by Gasteiger charge is -2.14. The van der Waals surface area contributed by atoms with Gasteiger partial charge in [0.15, 0.2) is 11.5 Å². The third-order valence-electron chi connectivity index (χ3n) is 2.69. The van der Waals surface area contributed by atoms with E-state index in [9.17, 15) is 0 Å². The van der Waals surface area contributed by atoms with Gasteiger partial charge in [-0.25, -0.2) is 0 Å². The summed E-state index contributed by atoms with van der Waals surface area (Å²) in [6, 6.07) is 6.33. The van der Waals surface area contributed by atoms with Crippen molar-refractivity contribution < 1.29 is 9.47 Å². The van der Waals surface area contributed by atoms with E-state index in [1.165, 1.54) is 5.56 Å². The number of fused-ring (bicyclic) bond motifs is 1. The van der Waals surface area contributed by atoms with Gasteiger partial charge in [0.1, 0.15) is 0 Å². The van der Waals surface area contributed by atoms with Gasteiger partial charge in [0.25, 0.3) is 0 Å². The molecular formula is C12H17NO2. The van der Waals surface area contributed by atoms with Crippen LogP contribution in [0.1, 0.15) is 31.7 Å². The molecule has 1 heterocycles. The number of benzene rings is 1. The second-order valence-electron chi connectivity index (χ2n) is 4.23. The molecule has 2 atom stereocenters. The fourth-order valence-corrected chi connectivity index (χ4v) is 1.91. The first-order chi connectivity index (χ1) is 7.16. The van der Waals surface area contributed by atoms with E-state index < -0.39 is 0 Å². The zero-order valence-corrected chi connectivity index (χ0v) is 9.19. The van der Waals surface area contributed by atoms with E-state index >= 15 is 0 Å². The van der Waals surface area contributed by atoms with Crippen molar-refractivity contribution in [2.75, 3.05) is 6.79 Å². The molecule has 0 spiro atoms. The van der Waals surface area contributed by atoms with E-state index in [-0.39, 0.29) is 6.04 Å². The maximum Gasteiger partial charge on any atom is 0.231 e. The molecule has 1 aromatic carbocycles. The van der Waals surface area contributed by atoms with Gasteiger partial charge in [-0.2, -0.15) is 0 Å². The first-order valence-electron chi connectivity index (χ1n) is 5.32. The molecule has 0 amide bonds. The van der Waals surface area contributed by atoms with Crippen molar-refractivity contribution in [2.24, 2.45) is 5.73 Å². The van der Waals surface area contributed by atoms with Gasteiger partial charge < -0.3 is 15.2 Å². The lowest BCUT2D eigenvalue weighted by molar-refractivity contribution is 0.174. The fourth-order valence-electron chi connectivity index (χ4n) is 1.91. The first kappa shape index (κ1) is 10.3. The minimum atomic E-state index is 0.227. The Morgan fingerprint density at radius 3 is 2.73 bits per heavy atom. The lowest BCUT2D eigenvalue weighted by Crippen LogP contribution is -2.17. The smallest absolute Gasteiger partial charge is 0.231 e. The van der Waals surface area contributed by atoms with Gasteiger partial charge in [-0.05, 0) is 37.0 Å². The Morgan fingerprint density at radius 1 is 1.27 bits per heavy atom. The van der Waals surface area contributed by atoms with E-state index in [1.54, 1.807) is 0 Å². The maximum atomic E-state index is 5.79. The van der Waals surface area contributed by atoms with E-state index in [0.29, 0.717) is 12.7 Å². The molecule has 0 saturated heterocycles. The molecule has 0 bridgehead atoms. The van der Waals surface area contributed by atoms with Gasteiger partial charge in [0.05, 0.1) is 0 Å². The monoisotopic (exact) mass is 207 g/mol. The normalized spacial score (nSPS) is 17.5. The Hall–Kier alpha value is -1.22. The number of nitrogens with two attached hydrogens (primary N) is 1. The summed E-state index contributed by atoms with van der Waals surface area (Å²) in [5.41, 5.74) is 7.05. The van der Waals surface area contributed by atoms with Crippen LogP contribution < -0.4 is 15.2 Å². The van der Waals surface area contributed by atoms with Gasteiger partial charge in [0.2, 0.25) is 6.79 Å². The third kappa shape index (κ3) is 2.23. The summed E-state index contributed by atoms with van der Waals surface area (Å²) < 4.78 is 10.6. The van der Waals surface area contributed by atoms with Gasteiger partial charge in [-0.3, -0.25) is 0 Å².